The molecule has 0 bridgehead atoms. The van der Waals surface area contributed by atoms with Crippen LogP contribution < -0.4 is 5.32 Å². The van der Waals surface area contributed by atoms with Crippen molar-refractivity contribution in [2.75, 3.05) is 13.2 Å². The molecule has 1 aliphatic rings. The quantitative estimate of drug-likeness (QED) is 0.901. The van der Waals surface area contributed by atoms with Gasteiger partial charge >= 0.3 is 0 Å². The average molecular weight is 282 g/mol. The molecule has 1 aromatic rings. The fourth-order valence-electron chi connectivity index (χ4n) is 2.45. The first-order valence-corrected chi connectivity index (χ1v) is 8.18. The number of likely N-dealkylation sites (N-methyl/N-ethyl adjacent to an activating group) is 1. The Hall–Kier alpha value is -0.450. The zero-order valence-corrected chi connectivity index (χ0v) is 13.3. The summed E-state index contributed by atoms with van der Waals surface area (Å²) in [5.74, 6) is 0. The van der Waals surface area contributed by atoms with Crippen LogP contribution in [0.4, 0.5) is 0 Å². The number of nitrogens with one attached hydrogen (secondary N) is 1. The summed E-state index contributed by atoms with van der Waals surface area (Å²) in [4.78, 5) is 4.80. The third kappa shape index (κ3) is 4.01. The highest BCUT2D eigenvalue weighted by atomic mass is 32.1. The Bertz CT molecular complexity index is 391. The lowest BCUT2D eigenvalue weighted by molar-refractivity contribution is 0.0789. The van der Waals surface area contributed by atoms with Crippen LogP contribution in [0, 0.1) is 0 Å². The molecule has 0 saturated carbocycles. The van der Waals surface area contributed by atoms with Gasteiger partial charge in [-0.25, -0.2) is 4.98 Å². The number of thiazole rings is 1. The van der Waals surface area contributed by atoms with Gasteiger partial charge in [0.1, 0.15) is 0 Å². The molecule has 2 heterocycles. The summed E-state index contributed by atoms with van der Waals surface area (Å²) in [5.41, 5.74) is 1.35. The second-order valence-electron chi connectivity index (χ2n) is 6.30. The summed E-state index contributed by atoms with van der Waals surface area (Å²) in [5, 5.41) is 6.99. The molecule has 0 radical (unpaired) electrons. The maximum absolute atomic E-state index is 5.83. The van der Waals surface area contributed by atoms with Crippen molar-refractivity contribution in [1.29, 1.82) is 0 Å². The molecule has 1 aromatic heterocycles. The summed E-state index contributed by atoms with van der Waals surface area (Å²) < 4.78 is 5.83. The van der Waals surface area contributed by atoms with Crippen molar-refractivity contribution < 1.29 is 4.74 Å². The molecule has 1 saturated heterocycles. The van der Waals surface area contributed by atoms with Crippen molar-refractivity contribution in [3.63, 3.8) is 0 Å². The van der Waals surface area contributed by atoms with Crippen LogP contribution in [0.3, 0.4) is 0 Å². The normalized spacial score (nSPS) is 21.8. The predicted molar refractivity (Wildman–Crippen MR) is 81.0 cm³/mol. The summed E-state index contributed by atoms with van der Waals surface area (Å²) in [7, 11) is 0. The third-order valence-electron chi connectivity index (χ3n) is 3.59. The highest BCUT2D eigenvalue weighted by molar-refractivity contribution is 7.09. The number of nitrogens with zero attached hydrogens (tertiary/aromatic N) is 1. The van der Waals surface area contributed by atoms with Gasteiger partial charge in [-0.15, -0.1) is 11.3 Å². The van der Waals surface area contributed by atoms with Crippen LogP contribution in [-0.4, -0.2) is 30.3 Å². The molecule has 2 atom stereocenters. The molecule has 1 aliphatic heterocycles. The Morgan fingerprint density at radius 1 is 1.53 bits per heavy atom. The highest BCUT2D eigenvalue weighted by Gasteiger charge is 2.27. The van der Waals surface area contributed by atoms with Crippen molar-refractivity contribution >= 4 is 11.3 Å². The van der Waals surface area contributed by atoms with E-state index in [2.05, 4.69) is 38.4 Å². The largest absolute Gasteiger partial charge is 0.377 e. The summed E-state index contributed by atoms with van der Waals surface area (Å²) in [6.07, 6.45) is 3.72. The molecule has 4 heteroatoms. The molecule has 0 amide bonds. The Morgan fingerprint density at radius 2 is 2.32 bits per heavy atom. The molecule has 3 nitrogen and oxygen atoms in total. The second kappa shape index (κ2) is 6.33. The van der Waals surface area contributed by atoms with Crippen molar-refractivity contribution in [1.82, 2.24) is 10.3 Å². The molecular formula is C15H26N2OS. The Morgan fingerprint density at radius 3 is 2.84 bits per heavy atom. The fourth-order valence-corrected chi connectivity index (χ4v) is 3.54. The van der Waals surface area contributed by atoms with Crippen molar-refractivity contribution in [3.8, 4) is 0 Å². The van der Waals surface area contributed by atoms with E-state index in [-0.39, 0.29) is 5.41 Å². The predicted octanol–water partition coefficient (Wildman–Crippen LogP) is 3.14. The Balaban J connectivity index is 2.02. The molecule has 0 aromatic carbocycles. The monoisotopic (exact) mass is 282 g/mol. The molecule has 2 rings (SSSR count). The molecule has 0 spiro atoms. The topological polar surface area (TPSA) is 34.2 Å². The molecule has 1 fully saturated rings. The first kappa shape index (κ1) is 14.9. The van der Waals surface area contributed by atoms with Gasteiger partial charge in [-0.3, -0.25) is 0 Å². The van der Waals surface area contributed by atoms with Gasteiger partial charge in [0.25, 0.3) is 0 Å². The van der Waals surface area contributed by atoms with E-state index in [1.54, 1.807) is 11.3 Å². The van der Waals surface area contributed by atoms with Gasteiger partial charge in [0.2, 0.25) is 0 Å². The lowest BCUT2D eigenvalue weighted by atomic mass is 9.93. The number of ether oxygens (including phenoxy) is 1. The second-order valence-corrected chi connectivity index (χ2v) is 7.24. The van der Waals surface area contributed by atoms with E-state index in [4.69, 9.17) is 9.72 Å². The lowest BCUT2D eigenvalue weighted by Crippen LogP contribution is -2.41. The van der Waals surface area contributed by atoms with Gasteiger partial charge in [0.15, 0.2) is 0 Å². The Labute approximate surface area is 120 Å². The van der Waals surface area contributed by atoms with E-state index in [0.29, 0.717) is 12.1 Å². The molecule has 1 N–H and O–H groups in total. The van der Waals surface area contributed by atoms with Crippen LogP contribution >= 0.6 is 11.3 Å². The summed E-state index contributed by atoms with van der Waals surface area (Å²) >= 11 is 1.78. The van der Waals surface area contributed by atoms with E-state index >= 15 is 0 Å². The van der Waals surface area contributed by atoms with Crippen molar-refractivity contribution in [3.05, 3.63) is 16.1 Å². The molecule has 0 aliphatic carbocycles. The van der Waals surface area contributed by atoms with Crippen LogP contribution in [0.5, 0.6) is 0 Å². The Kier molecular flexibility index (Phi) is 4.98. The van der Waals surface area contributed by atoms with E-state index in [1.807, 2.05) is 0 Å². The number of rotatable bonds is 5. The van der Waals surface area contributed by atoms with Crippen LogP contribution in [-0.2, 0) is 16.6 Å². The fraction of sp³-hybridized carbons (Fsp3) is 0.800. The number of hydrogen-bond acceptors (Lipinski definition) is 4. The smallest absolute Gasteiger partial charge is 0.0945 e. The van der Waals surface area contributed by atoms with Gasteiger partial charge in [-0.05, 0) is 19.4 Å². The van der Waals surface area contributed by atoms with E-state index in [9.17, 15) is 0 Å². The van der Waals surface area contributed by atoms with Crippen molar-refractivity contribution in [2.45, 2.75) is 64.5 Å². The third-order valence-corrected chi connectivity index (χ3v) is 4.47. The number of hydrogen-bond donors (Lipinski definition) is 1. The standard InChI is InChI=1S/C15H26N2OS/c1-5-16-11(12-7-6-8-18-12)9-14-17-13(10-19-14)15(2,3)4/h10-12,16H,5-9H2,1-4H3. The zero-order valence-electron chi connectivity index (χ0n) is 12.5. The van der Waals surface area contributed by atoms with Gasteiger partial charge in [-0.1, -0.05) is 27.7 Å². The highest BCUT2D eigenvalue weighted by Crippen LogP contribution is 2.26. The van der Waals surface area contributed by atoms with Crippen molar-refractivity contribution in [2.24, 2.45) is 0 Å². The maximum Gasteiger partial charge on any atom is 0.0945 e. The van der Waals surface area contributed by atoms with Crippen LogP contribution in [0.25, 0.3) is 0 Å². The summed E-state index contributed by atoms with van der Waals surface area (Å²) in [6.45, 7) is 10.7. The van der Waals surface area contributed by atoms with Gasteiger partial charge < -0.3 is 10.1 Å². The van der Waals surface area contributed by atoms with E-state index < -0.39 is 0 Å². The summed E-state index contributed by atoms with van der Waals surface area (Å²) in [6, 6.07) is 0.409. The number of aromatic nitrogens is 1. The van der Waals surface area contributed by atoms with Crippen LogP contribution in [0.2, 0.25) is 0 Å². The molecular weight excluding hydrogens is 256 g/mol. The van der Waals surface area contributed by atoms with Gasteiger partial charge in [0.05, 0.1) is 16.8 Å². The average Bonchev–Trinajstić information content (AvgIpc) is 2.98. The van der Waals surface area contributed by atoms with Gasteiger partial charge in [-0.2, -0.15) is 0 Å². The van der Waals surface area contributed by atoms with E-state index in [0.717, 1.165) is 19.6 Å². The van der Waals surface area contributed by atoms with Crippen LogP contribution in [0.1, 0.15) is 51.2 Å². The minimum absolute atomic E-state index is 0.145. The molecule has 2 unspecified atom stereocenters. The zero-order chi connectivity index (χ0) is 13.9. The first-order chi connectivity index (χ1) is 9.00. The first-order valence-electron chi connectivity index (χ1n) is 7.30. The minimum atomic E-state index is 0.145. The lowest BCUT2D eigenvalue weighted by Gasteiger charge is -2.23. The molecule has 19 heavy (non-hydrogen) atoms. The van der Waals surface area contributed by atoms with E-state index in [1.165, 1.54) is 23.5 Å². The minimum Gasteiger partial charge on any atom is -0.377 e. The maximum atomic E-state index is 5.83. The van der Waals surface area contributed by atoms with Crippen LogP contribution in [0.15, 0.2) is 5.38 Å². The van der Waals surface area contributed by atoms with Gasteiger partial charge in [0, 0.05) is 29.9 Å². The SMILES string of the molecule is CCNC(Cc1nc(C(C)(C)C)cs1)C1CCCO1. The molecule has 108 valence electrons.